The van der Waals surface area contributed by atoms with E-state index in [4.69, 9.17) is 9.47 Å². The Labute approximate surface area is 143 Å². The predicted octanol–water partition coefficient (Wildman–Crippen LogP) is 3.56. The zero-order valence-electron chi connectivity index (χ0n) is 14.1. The second kappa shape index (κ2) is 5.68. The average Bonchev–Trinajstić information content (AvgIpc) is 3.15. The monoisotopic (exact) mass is 327 g/mol. The standard InChI is InChI=1S/C20H25NO3/c22-20(19-14-4-1-2-5-15(14)19)21-9-3-6-16(21)13-7-8-17-18(12-13)24-11-10-23-17/h7-8,12,14-16,19H,1-6,9-11H2/t14-,15-,16+/m1/s1. The zero-order valence-corrected chi connectivity index (χ0v) is 14.1. The van der Waals surface area contributed by atoms with Crippen LogP contribution in [-0.4, -0.2) is 30.6 Å². The highest BCUT2D eigenvalue weighted by atomic mass is 16.6. The summed E-state index contributed by atoms with van der Waals surface area (Å²) in [5.41, 5.74) is 1.20. The number of carbonyl (C=O) groups excluding carboxylic acids is 1. The lowest BCUT2D eigenvalue weighted by molar-refractivity contribution is -0.134. The molecule has 1 saturated heterocycles. The summed E-state index contributed by atoms with van der Waals surface area (Å²) in [5, 5.41) is 0. The molecule has 24 heavy (non-hydrogen) atoms. The van der Waals surface area contributed by atoms with Gasteiger partial charge in [-0.2, -0.15) is 0 Å². The average molecular weight is 327 g/mol. The maximum Gasteiger partial charge on any atom is 0.226 e. The summed E-state index contributed by atoms with van der Waals surface area (Å²) in [6.45, 7) is 2.13. The van der Waals surface area contributed by atoms with Gasteiger partial charge >= 0.3 is 0 Å². The maximum atomic E-state index is 13.1. The first-order chi connectivity index (χ1) is 11.8. The highest BCUT2D eigenvalue weighted by Crippen LogP contribution is 2.57. The lowest BCUT2D eigenvalue weighted by Crippen LogP contribution is -2.32. The van der Waals surface area contributed by atoms with Crippen LogP contribution >= 0.6 is 0 Å². The molecule has 1 aromatic carbocycles. The lowest BCUT2D eigenvalue weighted by atomic mass is 10.0. The Morgan fingerprint density at radius 1 is 0.958 bits per heavy atom. The number of fused-ring (bicyclic) bond motifs is 2. The minimum Gasteiger partial charge on any atom is -0.486 e. The Balaban J connectivity index is 1.37. The molecule has 1 amide bonds. The van der Waals surface area contributed by atoms with Gasteiger partial charge in [-0.05, 0) is 55.2 Å². The topological polar surface area (TPSA) is 38.8 Å². The Hall–Kier alpha value is -1.71. The number of rotatable bonds is 2. The molecular formula is C20H25NO3. The summed E-state index contributed by atoms with van der Waals surface area (Å²) in [5.74, 6) is 3.78. The molecule has 0 radical (unpaired) electrons. The molecule has 0 unspecified atom stereocenters. The first-order valence-corrected chi connectivity index (χ1v) is 9.53. The van der Waals surface area contributed by atoms with Crippen LogP contribution in [0.25, 0.3) is 0 Å². The van der Waals surface area contributed by atoms with Crippen molar-refractivity contribution in [3.63, 3.8) is 0 Å². The molecule has 1 aromatic rings. The molecule has 4 aliphatic rings. The molecule has 2 aliphatic heterocycles. The van der Waals surface area contributed by atoms with E-state index in [1.807, 2.05) is 6.07 Å². The molecule has 3 atom stereocenters. The fourth-order valence-electron chi connectivity index (χ4n) is 5.19. The summed E-state index contributed by atoms with van der Waals surface area (Å²) in [7, 11) is 0. The fraction of sp³-hybridized carbons (Fsp3) is 0.650. The first-order valence-electron chi connectivity index (χ1n) is 9.53. The number of amides is 1. The van der Waals surface area contributed by atoms with Crippen LogP contribution in [-0.2, 0) is 4.79 Å². The van der Waals surface area contributed by atoms with Gasteiger partial charge in [0.25, 0.3) is 0 Å². The Kier molecular flexibility index (Phi) is 3.46. The van der Waals surface area contributed by atoms with Gasteiger partial charge in [0.15, 0.2) is 11.5 Å². The summed E-state index contributed by atoms with van der Waals surface area (Å²) in [4.78, 5) is 15.3. The molecule has 0 N–H and O–H groups in total. The number of carbonyl (C=O) groups is 1. The van der Waals surface area contributed by atoms with E-state index < -0.39 is 0 Å². The quantitative estimate of drug-likeness (QED) is 0.834. The van der Waals surface area contributed by atoms with Crippen molar-refractivity contribution in [3.8, 4) is 11.5 Å². The van der Waals surface area contributed by atoms with Crippen molar-refractivity contribution in [1.82, 2.24) is 4.90 Å². The van der Waals surface area contributed by atoms with Crippen LogP contribution in [0.2, 0.25) is 0 Å². The third-order valence-electron chi connectivity index (χ3n) is 6.43. The molecule has 2 saturated carbocycles. The highest BCUT2D eigenvalue weighted by Gasteiger charge is 2.56. The van der Waals surface area contributed by atoms with Gasteiger partial charge in [0.05, 0.1) is 6.04 Å². The summed E-state index contributed by atoms with van der Waals surface area (Å²) in [6, 6.07) is 6.42. The number of hydrogen-bond acceptors (Lipinski definition) is 3. The maximum absolute atomic E-state index is 13.1. The van der Waals surface area contributed by atoms with Crippen molar-refractivity contribution < 1.29 is 14.3 Å². The number of nitrogens with zero attached hydrogens (tertiary/aromatic N) is 1. The molecule has 2 aliphatic carbocycles. The SMILES string of the molecule is O=C(C1[C@@H]2CCCC[C@@H]12)N1CCC[C@H]1c1ccc2c(c1)OCCO2. The third kappa shape index (κ3) is 2.30. The van der Waals surface area contributed by atoms with Gasteiger partial charge in [-0.15, -0.1) is 0 Å². The van der Waals surface area contributed by atoms with E-state index in [0.29, 0.717) is 36.9 Å². The van der Waals surface area contributed by atoms with Crippen molar-refractivity contribution in [3.05, 3.63) is 23.8 Å². The Morgan fingerprint density at radius 3 is 2.50 bits per heavy atom. The van der Waals surface area contributed by atoms with Crippen LogP contribution in [0.4, 0.5) is 0 Å². The lowest BCUT2D eigenvalue weighted by Gasteiger charge is -2.27. The van der Waals surface area contributed by atoms with E-state index in [1.54, 1.807) is 0 Å². The Morgan fingerprint density at radius 2 is 1.71 bits per heavy atom. The number of benzene rings is 1. The van der Waals surface area contributed by atoms with Gasteiger partial charge in [0, 0.05) is 12.5 Å². The van der Waals surface area contributed by atoms with Crippen LogP contribution in [0, 0.1) is 17.8 Å². The van der Waals surface area contributed by atoms with E-state index in [0.717, 1.165) is 30.9 Å². The summed E-state index contributed by atoms with van der Waals surface area (Å²) in [6.07, 6.45) is 7.33. The minimum atomic E-state index is 0.218. The van der Waals surface area contributed by atoms with Gasteiger partial charge in [-0.1, -0.05) is 18.9 Å². The molecule has 4 heteroatoms. The number of likely N-dealkylation sites (tertiary alicyclic amines) is 1. The largest absolute Gasteiger partial charge is 0.486 e. The number of ether oxygens (including phenoxy) is 2. The molecule has 4 nitrogen and oxygen atoms in total. The van der Waals surface area contributed by atoms with E-state index in [-0.39, 0.29) is 6.04 Å². The molecule has 3 fully saturated rings. The molecule has 128 valence electrons. The predicted molar refractivity (Wildman–Crippen MR) is 90.1 cm³/mol. The minimum absolute atomic E-state index is 0.218. The molecule has 0 bridgehead atoms. The molecule has 0 aromatic heterocycles. The van der Waals surface area contributed by atoms with E-state index in [1.165, 1.54) is 31.2 Å². The van der Waals surface area contributed by atoms with E-state index >= 15 is 0 Å². The first kappa shape index (κ1) is 14.6. The summed E-state index contributed by atoms with van der Waals surface area (Å²) < 4.78 is 11.4. The third-order valence-corrected chi connectivity index (χ3v) is 6.43. The van der Waals surface area contributed by atoms with Crippen LogP contribution in [0.1, 0.15) is 50.1 Å². The number of hydrogen-bond donors (Lipinski definition) is 0. The van der Waals surface area contributed by atoms with Crippen LogP contribution in [0.15, 0.2) is 18.2 Å². The second-order valence-electron chi connectivity index (χ2n) is 7.73. The molecular weight excluding hydrogens is 302 g/mol. The van der Waals surface area contributed by atoms with Crippen molar-refractivity contribution in [1.29, 1.82) is 0 Å². The van der Waals surface area contributed by atoms with E-state index in [9.17, 15) is 4.79 Å². The van der Waals surface area contributed by atoms with E-state index in [2.05, 4.69) is 17.0 Å². The van der Waals surface area contributed by atoms with Crippen molar-refractivity contribution >= 4 is 5.91 Å². The fourth-order valence-corrected chi connectivity index (χ4v) is 5.19. The van der Waals surface area contributed by atoms with Gasteiger partial charge in [0.1, 0.15) is 13.2 Å². The summed E-state index contributed by atoms with van der Waals surface area (Å²) >= 11 is 0. The smallest absolute Gasteiger partial charge is 0.226 e. The second-order valence-corrected chi connectivity index (χ2v) is 7.73. The van der Waals surface area contributed by atoms with Gasteiger partial charge < -0.3 is 14.4 Å². The van der Waals surface area contributed by atoms with Crippen LogP contribution in [0.5, 0.6) is 11.5 Å². The van der Waals surface area contributed by atoms with Crippen molar-refractivity contribution in [2.75, 3.05) is 19.8 Å². The highest BCUT2D eigenvalue weighted by molar-refractivity contribution is 5.83. The van der Waals surface area contributed by atoms with Gasteiger partial charge in [-0.25, -0.2) is 0 Å². The molecule has 5 rings (SSSR count). The van der Waals surface area contributed by atoms with Gasteiger partial charge in [-0.3, -0.25) is 4.79 Å². The molecule has 0 spiro atoms. The zero-order chi connectivity index (χ0) is 16.1. The van der Waals surface area contributed by atoms with Gasteiger partial charge in [0.2, 0.25) is 5.91 Å². The van der Waals surface area contributed by atoms with Crippen LogP contribution in [0.3, 0.4) is 0 Å². The Bertz CT molecular complexity index is 646. The normalized spacial score (nSPS) is 33.9. The van der Waals surface area contributed by atoms with Crippen molar-refractivity contribution in [2.24, 2.45) is 17.8 Å². The van der Waals surface area contributed by atoms with Crippen LogP contribution < -0.4 is 9.47 Å². The van der Waals surface area contributed by atoms with Crippen molar-refractivity contribution in [2.45, 2.75) is 44.6 Å². The molecule has 2 heterocycles.